The number of pyridine rings is 1. The highest BCUT2D eigenvalue weighted by molar-refractivity contribution is 6.31. The molecule has 0 spiro atoms. The van der Waals surface area contributed by atoms with Crippen molar-refractivity contribution < 1.29 is 18.0 Å². The quantitative estimate of drug-likeness (QED) is 0.796. The number of hydrogen-bond donors (Lipinski definition) is 2. The van der Waals surface area contributed by atoms with E-state index in [0.29, 0.717) is 5.69 Å². The van der Waals surface area contributed by atoms with Crippen LogP contribution in [0.4, 0.5) is 24.5 Å². The van der Waals surface area contributed by atoms with E-state index in [1.165, 1.54) is 24.4 Å². The normalized spacial score (nSPS) is 12.0. The van der Waals surface area contributed by atoms with Gasteiger partial charge in [-0.05, 0) is 51.1 Å². The van der Waals surface area contributed by atoms with Crippen molar-refractivity contribution in [1.82, 2.24) is 10.3 Å². The van der Waals surface area contributed by atoms with Crippen LogP contribution in [0.2, 0.25) is 5.02 Å². The van der Waals surface area contributed by atoms with Gasteiger partial charge in [0.15, 0.2) is 0 Å². The van der Waals surface area contributed by atoms with Gasteiger partial charge in [-0.2, -0.15) is 13.2 Å². The minimum atomic E-state index is -4.55. The van der Waals surface area contributed by atoms with Crippen LogP contribution in [0.5, 0.6) is 0 Å². The first kappa shape index (κ1) is 19.1. The van der Waals surface area contributed by atoms with E-state index in [4.69, 9.17) is 11.6 Å². The third kappa shape index (κ3) is 5.35. The Balaban J connectivity index is 2.24. The summed E-state index contributed by atoms with van der Waals surface area (Å²) in [5.74, 6) is -0.372. The summed E-state index contributed by atoms with van der Waals surface area (Å²) in [4.78, 5) is 16.1. The Morgan fingerprint density at radius 3 is 2.32 bits per heavy atom. The summed E-state index contributed by atoms with van der Waals surface area (Å²) < 4.78 is 38.8. The van der Waals surface area contributed by atoms with Gasteiger partial charge in [0.2, 0.25) is 0 Å². The molecule has 1 aromatic heterocycles. The summed E-state index contributed by atoms with van der Waals surface area (Å²) >= 11 is 5.60. The van der Waals surface area contributed by atoms with Crippen molar-refractivity contribution >= 4 is 28.9 Å². The van der Waals surface area contributed by atoms with Crippen molar-refractivity contribution in [3.63, 3.8) is 0 Å². The van der Waals surface area contributed by atoms with Crippen LogP contribution in [0.25, 0.3) is 0 Å². The Labute approximate surface area is 148 Å². The second-order valence-corrected chi connectivity index (χ2v) is 6.86. The molecule has 0 aliphatic heterocycles. The number of nitrogens with one attached hydrogen (secondary N) is 2. The second kappa shape index (κ2) is 6.92. The molecule has 1 aromatic carbocycles. The molecule has 0 unspecified atom stereocenters. The van der Waals surface area contributed by atoms with Gasteiger partial charge in [0.1, 0.15) is 5.69 Å². The average molecular weight is 372 g/mol. The monoisotopic (exact) mass is 371 g/mol. The Morgan fingerprint density at radius 1 is 1.08 bits per heavy atom. The molecule has 1 amide bonds. The molecule has 8 heteroatoms. The van der Waals surface area contributed by atoms with Gasteiger partial charge in [-0.3, -0.25) is 9.78 Å². The van der Waals surface area contributed by atoms with E-state index in [-0.39, 0.29) is 22.3 Å². The molecule has 2 aromatic rings. The number of carbonyl (C=O) groups is 1. The van der Waals surface area contributed by atoms with Gasteiger partial charge in [-0.15, -0.1) is 0 Å². The first-order valence-corrected chi connectivity index (χ1v) is 7.76. The maximum Gasteiger partial charge on any atom is 0.417 e. The van der Waals surface area contributed by atoms with Crippen LogP contribution in [0.15, 0.2) is 36.5 Å². The van der Waals surface area contributed by atoms with Crippen molar-refractivity contribution in [3.8, 4) is 0 Å². The van der Waals surface area contributed by atoms with Crippen LogP contribution in [0, 0.1) is 0 Å². The summed E-state index contributed by atoms with van der Waals surface area (Å²) in [5.41, 5.74) is -0.571. The molecule has 4 nitrogen and oxygen atoms in total. The van der Waals surface area contributed by atoms with Crippen molar-refractivity contribution in [2.45, 2.75) is 32.5 Å². The van der Waals surface area contributed by atoms with E-state index in [2.05, 4.69) is 15.6 Å². The summed E-state index contributed by atoms with van der Waals surface area (Å²) in [6, 6.07) is 6.52. The molecule has 0 radical (unpaired) electrons. The number of halogens is 4. The summed E-state index contributed by atoms with van der Waals surface area (Å²) in [6.07, 6.45) is -3.15. The van der Waals surface area contributed by atoms with Crippen LogP contribution in [-0.4, -0.2) is 16.4 Å². The fourth-order valence-electron chi connectivity index (χ4n) is 2.02. The Hall–Kier alpha value is -2.28. The van der Waals surface area contributed by atoms with Gasteiger partial charge in [-0.25, -0.2) is 0 Å². The van der Waals surface area contributed by atoms with Crippen molar-refractivity contribution in [2.75, 3.05) is 5.32 Å². The molecular weight excluding hydrogens is 355 g/mol. The highest BCUT2D eigenvalue weighted by Crippen LogP contribution is 2.36. The minimum Gasteiger partial charge on any atom is -0.355 e. The first-order valence-electron chi connectivity index (χ1n) is 7.38. The molecule has 0 fully saturated rings. The predicted octanol–water partition coefficient (Wildman–Crippen LogP) is 5.03. The van der Waals surface area contributed by atoms with E-state index in [1.807, 2.05) is 20.8 Å². The zero-order valence-electron chi connectivity index (χ0n) is 13.8. The van der Waals surface area contributed by atoms with E-state index in [1.54, 1.807) is 6.07 Å². The summed E-state index contributed by atoms with van der Waals surface area (Å²) in [5, 5.41) is 5.21. The molecule has 0 saturated carbocycles. The minimum absolute atomic E-state index is 0.157. The molecule has 25 heavy (non-hydrogen) atoms. The van der Waals surface area contributed by atoms with Gasteiger partial charge in [0.25, 0.3) is 5.91 Å². The van der Waals surface area contributed by atoms with Crippen LogP contribution < -0.4 is 10.6 Å². The van der Waals surface area contributed by atoms with Gasteiger partial charge in [0, 0.05) is 23.1 Å². The molecule has 2 N–H and O–H groups in total. The maximum absolute atomic E-state index is 12.9. The number of amides is 1. The number of alkyl halides is 3. The molecule has 134 valence electrons. The SMILES string of the molecule is CC(C)(C)NC(=O)c1cc(Nc2ccc(Cl)c(C(F)(F)F)c2)ccn1. The predicted molar refractivity (Wildman–Crippen MR) is 91.2 cm³/mol. The number of hydrogen-bond acceptors (Lipinski definition) is 3. The number of nitrogens with zero attached hydrogens (tertiary/aromatic N) is 1. The lowest BCUT2D eigenvalue weighted by Crippen LogP contribution is -2.40. The van der Waals surface area contributed by atoms with Crippen molar-refractivity contribution in [3.05, 3.63) is 52.8 Å². The lowest BCUT2D eigenvalue weighted by molar-refractivity contribution is -0.137. The van der Waals surface area contributed by atoms with Gasteiger partial charge in [-0.1, -0.05) is 11.6 Å². The largest absolute Gasteiger partial charge is 0.417 e. The zero-order chi connectivity index (χ0) is 18.8. The Morgan fingerprint density at radius 2 is 1.72 bits per heavy atom. The molecule has 0 saturated heterocycles. The number of aromatic nitrogens is 1. The standard InChI is InChI=1S/C17H17ClF3N3O/c1-16(2,3)24-15(25)14-9-11(6-7-22-14)23-10-4-5-13(18)12(8-10)17(19,20)21/h4-9H,1-3H3,(H,22,23)(H,24,25). The topological polar surface area (TPSA) is 54.0 Å². The van der Waals surface area contributed by atoms with E-state index >= 15 is 0 Å². The van der Waals surface area contributed by atoms with E-state index < -0.39 is 17.3 Å². The molecular formula is C17H17ClF3N3O. The molecule has 0 aliphatic rings. The Kier molecular flexibility index (Phi) is 5.27. The highest BCUT2D eigenvalue weighted by Gasteiger charge is 2.33. The fourth-order valence-corrected chi connectivity index (χ4v) is 2.25. The van der Waals surface area contributed by atoms with Gasteiger partial charge >= 0.3 is 6.18 Å². The molecule has 2 rings (SSSR count). The Bertz CT molecular complexity index is 785. The summed E-state index contributed by atoms with van der Waals surface area (Å²) in [7, 11) is 0. The van der Waals surface area contributed by atoms with Gasteiger partial charge < -0.3 is 10.6 Å². The third-order valence-electron chi connectivity index (χ3n) is 3.04. The number of benzene rings is 1. The van der Waals surface area contributed by atoms with Crippen LogP contribution in [0.1, 0.15) is 36.8 Å². The maximum atomic E-state index is 12.9. The van der Waals surface area contributed by atoms with Crippen LogP contribution in [0.3, 0.4) is 0 Å². The van der Waals surface area contributed by atoms with Crippen LogP contribution >= 0.6 is 11.6 Å². The molecule has 1 heterocycles. The molecule has 0 atom stereocenters. The second-order valence-electron chi connectivity index (χ2n) is 6.45. The number of anilines is 2. The summed E-state index contributed by atoms with van der Waals surface area (Å²) in [6.45, 7) is 5.50. The van der Waals surface area contributed by atoms with Crippen molar-refractivity contribution in [2.24, 2.45) is 0 Å². The van der Waals surface area contributed by atoms with Gasteiger partial charge in [0.05, 0.1) is 10.6 Å². The van der Waals surface area contributed by atoms with E-state index in [9.17, 15) is 18.0 Å². The number of rotatable bonds is 3. The smallest absolute Gasteiger partial charge is 0.355 e. The molecule has 0 bridgehead atoms. The van der Waals surface area contributed by atoms with E-state index in [0.717, 1.165) is 6.07 Å². The molecule has 0 aliphatic carbocycles. The highest BCUT2D eigenvalue weighted by atomic mass is 35.5. The van der Waals surface area contributed by atoms with Crippen molar-refractivity contribution in [1.29, 1.82) is 0 Å². The lowest BCUT2D eigenvalue weighted by Gasteiger charge is -2.20. The average Bonchev–Trinajstić information content (AvgIpc) is 2.47. The lowest BCUT2D eigenvalue weighted by atomic mass is 10.1. The van der Waals surface area contributed by atoms with Crippen LogP contribution in [-0.2, 0) is 6.18 Å². The zero-order valence-corrected chi connectivity index (χ0v) is 14.6. The first-order chi connectivity index (χ1) is 11.5. The number of carbonyl (C=O) groups excluding carboxylic acids is 1. The fraction of sp³-hybridized carbons (Fsp3) is 0.294. The third-order valence-corrected chi connectivity index (χ3v) is 3.37.